The van der Waals surface area contributed by atoms with Crippen molar-refractivity contribution in [2.24, 2.45) is 5.16 Å². The Labute approximate surface area is 70.3 Å². The topological polar surface area (TPSA) is 41.8 Å². The second-order valence-corrected chi connectivity index (χ2v) is 2.71. The van der Waals surface area contributed by atoms with Gasteiger partial charge in [-0.1, -0.05) is 17.3 Å². The zero-order chi connectivity index (χ0) is 8.39. The van der Waals surface area contributed by atoms with E-state index in [0.717, 1.165) is 12.0 Å². The third-order valence-electron chi connectivity index (χ3n) is 1.85. The van der Waals surface area contributed by atoms with E-state index in [2.05, 4.69) is 5.16 Å². The SMILES string of the molecule is Oc1ccc(C2CC=NO2)cc1. The minimum absolute atomic E-state index is 0.0330. The van der Waals surface area contributed by atoms with Crippen molar-refractivity contribution in [1.82, 2.24) is 0 Å². The highest BCUT2D eigenvalue weighted by molar-refractivity contribution is 5.59. The molecule has 1 aliphatic rings. The van der Waals surface area contributed by atoms with Gasteiger partial charge in [0.25, 0.3) is 0 Å². The number of phenolic OH excluding ortho intramolecular Hbond substituents is 1. The molecule has 0 aromatic heterocycles. The lowest BCUT2D eigenvalue weighted by atomic mass is 10.1. The van der Waals surface area contributed by atoms with Gasteiger partial charge in [-0.25, -0.2) is 0 Å². The molecule has 0 radical (unpaired) electrons. The van der Waals surface area contributed by atoms with Crippen LogP contribution in [0.2, 0.25) is 0 Å². The van der Waals surface area contributed by atoms with Crippen LogP contribution in [0.5, 0.6) is 5.75 Å². The summed E-state index contributed by atoms with van der Waals surface area (Å²) in [6.07, 6.45) is 2.59. The lowest BCUT2D eigenvalue weighted by molar-refractivity contribution is 0.0857. The molecule has 0 saturated heterocycles. The van der Waals surface area contributed by atoms with Crippen LogP contribution in [0.4, 0.5) is 0 Å². The number of nitrogens with zero attached hydrogens (tertiary/aromatic N) is 1. The van der Waals surface area contributed by atoms with Crippen LogP contribution in [0.3, 0.4) is 0 Å². The Morgan fingerprint density at radius 1 is 1.33 bits per heavy atom. The fourth-order valence-corrected chi connectivity index (χ4v) is 1.18. The van der Waals surface area contributed by atoms with Crippen molar-refractivity contribution in [2.45, 2.75) is 12.5 Å². The number of aromatic hydroxyl groups is 1. The van der Waals surface area contributed by atoms with E-state index in [1.54, 1.807) is 18.3 Å². The molecule has 0 fully saturated rings. The number of hydrogen-bond donors (Lipinski definition) is 1. The summed E-state index contributed by atoms with van der Waals surface area (Å²) in [7, 11) is 0. The molecule has 0 aliphatic carbocycles. The number of phenols is 1. The van der Waals surface area contributed by atoms with Gasteiger partial charge in [-0.15, -0.1) is 0 Å². The third-order valence-corrected chi connectivity index (χ3v) is 1.85. The Bertz CT molecular complexity index is 284. The molecular formula is C9H9NO2. The third kappa shape index (κ3) is 1.25. The lowest BCUT2D eigenvalue weighted by Crippen LogP contribution is -1.94. The molecule has 1 aliphatic heterocycles. The van der Waals surface area contributed by atoms with Crippen LogP contribution >= 0.6 is 0 Å². The maximum absolute atomic E-state index is 9.03. The van der Waals surface area contributed by atoms with Gasteiger partial charge in [0.2, 0.25) is 0 Å². The quantitative estimate of drug-likeness (QED) is 0.686. The number of hydrogen-bond acceptors (Lipinski definition) is 3. The van der Waals surface area contributed by atoms with Crippen molar-refractivity contribution in [1.29, 1.82) is 0 Å². The first kappa shape index (κ1) is 7.16. The molecule has 0 saturated carbocycles. The standard InChI is InChI=1S/C9H9NO2/c11-8-3-1-7(2-4-8)9-5-6-10-12-9/h1-4,6,9,11H,5H2. The summed E-state index contributed by atoms with van der Waals surface area (Å²) < 4.78 is 0. The van der Waals surface area contributed by atoms with Gasteiger partial charge in [0.1, 0.15) is 5.75 Å². The molecule has 1 atom stereocenters. The van der Waals surface area contributed by atoms with Crippen LogP contribution in [0.15, 0.2) is 29.4 Å². The van der Waals surface area contributed by atoms with Crippen LogP contribution < -0.4 is 0 Å². The maximum atomic E-state index is 9.03. The van der Waals surface area contributed by atoms with Crippen LogP contribution in [-0.4, -0.2) is 11.3 Å². The lowest BCUT2D eigenvalue weighted by Gasteiger charge is -2.07. The van der Waals surface area contributed by atoms with Gasteiger partial charge in [-0.2, -0.15) is 0 Å². The smallest absolute Gasteiger partial charge is 0.157 e. The average molecular weight is 163 g/mol. The van der Waals surface area contributed by atoms with Crippen LogP contribution in [0.1, 0.15) is 18.1 Å². The summed E-state index contributed by atoms with van der Waals surface area (Å²) in [6.45, 7) is 0. The van der Waals surface area contributed by atoms with E-state index >= 15 is 0 Å². The molecule has 0 bridgehead atoms. The molecule has 0 spiro atoms. The molecular weight excluding hydrogens is 154 g/mol. The first-order chi connectivity index (χ1) is 5.86. The normalized spacial score (nSPS) is 20.8. The molecule has 12 heavy (non-hydrogen) atoms. The van der Waals surface area contributed by atoms with Crippen LogP contribution in [0, 0.1) is 0 Å². The highest BCUT2D eigenvalue weighted by Crippen LogP contribution is 2.25. The fraction of sp³-hybridized carbons (Fsp3) is 0.222. The van der Waals surface area contributed by atoms with Gasteiger partial charge in [-0.05, 0) is 17.7 Å². The summed E-state index contributed by atoms with van der Waals surface area (Å²) in [6, 6.07) is 6.98. The van der Waals surface area contributed by atoms with Crippen molar-refractivity contribution < 1.29 is 9.94 Å². The first-order valence-electron chi connectivity index (χ1n) is 3.83. The first-order valence-corrected chi connectivity index (χ1v) is 3.83. The summed E-state index contributed by atoms with van der Waals surface area (Å²) in [5, 5.41) is 12.7. The number of oxime groups is 1. The zero-order valence-corrected chi connectivity index (χ0v) is 6.47. The van der Waals surface area contributed by atoms with Gasteiger partial charge >= 0.3 is 0 Å². The molecule has 2 rings (SSSR count). The van der Waals surface area contributed by atoms with E-state index in [-0.39, 0.29) is 11.9 Å². The second-order valence-electron chi connectivity index (χ2n) is 2.71. The van der Waals surface area contributed by atoms with Gasteiger partial charge < -0.3 is 9.94 Å². The number of rotatable bonds is 1. The Morgan fingerprint density at radius 2 is 2.08 bits per heavy atom. The van der Waals surface area contributed by atoms with Crippen molar-refractivity contribution in [3.63, 3.8) is 0 Å². The predicted octanol–water partition coefficient (Wildman–Crippen LogP) is 1.84. The highest BCUT2D eigenvalue weighted by atomic mass is 16.6. The Morgan fingerprint density at radius 3 is 2.67 bits per heavy atom. The van der Waals surface area contributed by atoms with E-state index in [1.807, 2.05) is 12.1 Å². The van der Waals surface area contributed by atoms with Crippen LogP contribution in [0.25, 0.3) is 0 Å². The minimum Gasteiger partial charge on any atom is -0.508 e. The molecule has 0 amide bonds. The Hall–Kier alpha value is -1.51. The monoisotopic (exact) mass is 163 g/mol. The number of benzene rings is 1. The van der Waals surface area contributed by atoms with Crippen molar-refractivity contribution >= 4 is 6.21 Å². The zero-order valence-electron chi connectivity index (χ0n) is 6.47. The van der Waals surface area contributed by atoms with Crippen molar-refractivity contribution in [3.05, 3.63) is 29.8 Å². The molecule has 62 valence electrons. The average Bonchev–Trinajstić information content (AvgIpc) is 2.58. The molecule has 1 aromatic carbocycles. The minimum atomic E-state index is 0.0330. The molecule has 1 N–H and O–H groups in total. The van der Waals surface area contributed by atoms with Crippen molar-refractivity contribution in [2.75, 3.05) is 0 Å². The molecule has 3 nitrogen and oxygen atoms in total. The summed E-state index contributed by atoms with van der Waals surface area (Å²) in [5.74, 6) is 0.276. The van der Waals surface area contributed by atoms with E-state index < -0.39 is 0 Å². The molecule has 1 heterocycles. The van der Waals surface area contributed by atoms with E-state index in [1.165, 1.54) is 0 Å². The van der Waals surface area contributed by atoms with Gasteiger partial charge in [0.05, 0.1) is 0 Å². The molecule has 3 heteroatoms. The predicted molar refractivity (Wildman–Crippen MR) is 45.0 cm³/mol. The summed E-state index contributed by atoms with van der Waals surface area (Å²) in [5.41, 5.74) is 1.05. The summed E-state index contributed by atoms with van der Waals surface area (Å²) in [4.78, 5) is 5.07. The highest BCUT2D eigenvalue weighted by Gasteiger charge is 2.15. The van der Waals surface area contributed by atoms with Crippen LogP contribution in [-0.2, 0) is 4.84 Å². The fourth-order valence-electron chi connectivity index (χ4n) is 1.18. The largest absolute Gasteiger partial charge is 0.508 e. The molecule has 1 aromatic rings. The van der Waals surface area contributed by atoms with Crippen molar-refractivity contribution in [3.8, 4) is 5.75 Å². The van der Waals surface area contributed by atoms with Gasteiger partial charge in [-0.3, -0.25) is 0 Å². The van der Waals surface area contributed by atoms with E-state index in [0.29, 0.717) is 0 Å². The second kappa shape index (κ2) is 2.85. The summed E-state index contributed by atoms with van der Waals surface area (Å²) >= 11 is 0. The Kier molecular flexibility index (Phi) is 1.70. The van der Waals surface area contributed by atoms with Gasteiger partial charge in [0.15, 0.2) is 6.10 Å². The van der Waals surface area contributed by atoms with E-state index in [4.69, 9.17) is 9.94 Å². The van der Waals surface area contributed by atoms with E-state index in [9.17, 15) is 0 Å². The van der Waals surface area contributed by atoms with Gasteiger partial charge in [0, 0.05) is 12.6 Å². The molecule has 1 unspecified atom stereocenters. The Balaban J connectivity index is 2.18. The maximum Gasteiger partial charge on any atom is 0.157 e.